The topological polar surface area (TPSA) is 94.3 Å². The number of ether oxygens (including phenoxy) is 1. The monoisotopic (exact) mass is 357 g/mol. The third kappa shape index (κ3) is 3.84. The zero-order valence-electron chi connectivity index (χ0n) is 13.0. The summed E-state index contributed by atoms with van der Waals surface area (Å²) < 4.78 is 9.98. The smallest absolute Gasteiger partial charge is 0.337 e. The Hall–Kier alpha value is -3.19. The molecule has 0 unspecified atom stereocenters. The van der Waals surface area contributed by atoms with Gasteiger partial charge in [0.25, 0.3) is 0 Å². The van der Waals surface area contributed by atoms with Crippen LogP contribution in [-0.4, -0.2) is 29.2 Å². The minimum absolute atomic E-state index is 0.179. The van der Waals surface area contributed by atoms with Gasteiger partial charge in [-0.2, -0.15) is 0 Å². The Bertz CT molecular complexity index is 904. The van der Waals surface area contributed by atoms with Crippen molar-refractivity contribution in [3.05, 3.63) is 65.0 Å². The molecule has 1 aromatic heterocycles. The van der Waals surface area contributed by atoms with Crippen LogP contribution < -0.4 is 5.32 Å². The Morgan fingerprint density at radius 1 is 1.04 bits per heavy atom. The normalized spacial score (nSPS) is 10.3. The molecule has 25 heavy (non-hydrogen) atoms. The lowest BCUT2D eigenvalue weighted by atomic mass is 10.2. The summed E-state index contributed by atoms with van der Waals surface area (Å²) in [5.74, 6) is -0.981. The molecule has 0 saturated carbocycles. The van der Waals surface area contributed by atoms with Crippen molar-refractivity contribution in [3.8, 4) is 11.5 Å². The van der Waals surface area contributed by atoms with Crippen LogP contribution in [0.1, 0.15) is 21.0 Å². The number of halogens is 1. The average Bonchev–Trinajstić information content (AvgIpc) is 3.12. The molecule has 1 heterocycles. The van der Waals surface area contributed by atoms with Gasteiger partial charge in [-0.1, -0.05) is 11.6 Å². The third-order valence-corrected chi connectivity index (χ3v) is 3.53. The summed E-state index contributed by atoms with van der Waals surface area (Å²) in [6, 6.07) is 13.0. The van der Waals surface area contributed by atoms with Crippen molar-refractivity contribution < 1.29 is 18.7 Å². The molecular weight excluding hydrogens is 346 g/mol. The Morgan fingerprint density at radius 2 is 1.72 bits per heavy atom. The highest BCUT2D eigenvalue weighted by Gasteiger charge is 2.16. The molecule has 0 aliphatic carbocycles. The molecule has 0 aliphatic heterocycles. The highest BCUT2D eigenvalue weighted by atomic mass is 35.5. The quantitative estimate of drug-likeness (QED) is 0.719. The summed E-state index contributed by atoms with van der Waals surface area (Å²) in [6.07, 6.45) is 0. The highest BCUT2D eigenvalue weighted by molar-refractivity contribution is 6.30. The first kappa shape index (κ1) is 16.7. The number of methoxy groups -OCH3 is 1. The lowest BCUT2D eigenvalue weighted by Gasteiger charge is -2.03. The Balaban J connectivity index is 1.71. The molecule has 0 aliphatic rings. The van der Waals surface area contributed by atoms with E-state index in [1.54, 1.807) is 36.4 Å². The van der Waals surface area contributed by atoms with Crippen molar-refractivity contribution in [3.63, 3.8) is 0 Å². The van der Waals surface area contributed by atoms with Crippen LogP contribution in [0.15, 0.2) is 52.9 Å². The number of nitrogens with zero attached hydrogens (tertiary/aromatic N) is 2. The lowest BCUT2D eigenvalue weighted by Crippen LogP contribution is -2.12. The number of aromatic nitrogens is 2. The number of hydrogen-bond donors (Lipinski definition) is 1. The third-order valence-electron chi connectivity index (χ3n) is 3.27. The molecule has 0 bridgehead atoms. The Labute approximate surface area is 147 Å². The van der Waals surface area contributed by atoms with Gasteiger partial charge in [-0.25, -0.2) is 4.79 Å². The molecule has 0 fully saturated rings. The van der Waals surface area contributed by atoms with Crippen molar-refractivity contribution in [2.24, 2.45) is 0 Å². The summed E-state index contributed by atoms with van der Waals surface area (Å²) >= 11 is 5.83. The maximum atomic E-state index is 12.2. The number of nitrogens with one attached hydrogen (secondary N) is 1. The predicted octanol–water partition coefficient (Wildman–Crippen LogP) is 3.43. The van der Waals surface area contributed by atoms with Crippen LogP contribution >= 0.6 is 11.6 Å². The first-order valence-corrected chi connectivity index (χ1v) is 7.54. The molecule has 1 amide bonds. The number of carbonyl (C=O) groups is 2. The van der Waals surface area contributed by atoms with Gasteiger partial charge in [-0.15, -0.1) is 10.2 Å². The van der Waals surface area contributed by atoms with Gasteiger partial charge in [0.05, 0.1) is 12.7 Å². The molecule has 7 nitrogen and oxygen atoms in total. The van der Waals surface area contributed by atoms with Gasteiger partial charge in [-0.3, -0.25) is 4.79 Å². The van der Waals surface area contributed by atoms with E-state index in [1.165, 1.54) is 19.2 Å². The molecule has 0 radical (unpaired) electrons. The fraction of sp³-hybridized carbons (Fsp3) is 0.0588. The summed E-state index contributed by atoms with van der Waals surface area (Å²) in [5, 5.41) is 10.8. The second-order valence-corrected chi connectivity index (χ2v) is 5.38. The summed E-state index contributed by atoms with van der Waals surface area (Å²) in [5.41, 5.74) is 1.51. The highest BCUT2D eigenvalue weighted by Crippen LogP contribution is 2.20. The van der Waals surface area contributed by atoms with Crippen molar-refractivity contribution in [2.45, 2.75) is 0 Å². The van der Waals surface area contributed by atoms with E-state index in [4.69, 9.17) is 16.0 Å². The number of amides is 1. The van der Waals surface area contributed by atoms with E-state index in [-0.39, 0.29) is 11.8 Å². The number of benzene rings is 2. The van der Waals surface area contributed by atoms with Gasteiger partial charge in [0.2, 0.25) is 5.89 Å². The zero-order valence-corrected chi connectivity index (χ0v) is 13.8. The van der Waals surface area contributed by atoms with Crippen LogP contribution in [0.4, 0.5) is 5.69 Å². The lowest BCUT2D eigenvalue weighted by molar-refractivity contribution is 0.0600. The minimum atomic E-state index is -0.557. The van der Waals surface area contributed by atoms with Gasteiger partial charge in [0, 0.05) is 16.3 Å². The molecule has 126 valence electrons. The zero-order chi connectivity index (χ0) is 17.8. The molecule has 0 spiro atoms. The maximum Gasteiger partial charge on any atom is 0.337 e. The van der Waals surface area contributed by atoms with E-state index in [9.17, 15) is 9.59 Å². The molecule has 0 saturated heterocycles. The predicted molar refractivity (Wildman–Crippen MR) is 90.5 cm³/mol. The van der Waals surface area contributed by atoms with Gasteiger partial charge in [0.15, 0.2) is 0 Å². The van der Waals surface area contributed by atoms with E-state index >= 15 is 0 Å². The second kappa shape index (κ2) is 7.14. The minimum Gasteiger partial charge on any atom is -0.465 e. The van der Waals surface area contributed by atoms with E-state index in [1.807, 2.05) is 0 Å². The van der Waals surface area contributed by atoms with Crippen LogP contribution in [0.2, 0.25) is 5.02 Å². The van der Waals surface area contributed by atoms with Gasteiger partial charge < -0.3 is 14.5 Å². The first-order chi connectivity index (χ1) is 12.1. The molecule has 2 aromatic carbocycles. The Kier molecular flexibility index (Phi) is 4.76. The molecule has 3 rings (SSSR count). The standard InChI is InChI=1S/C17H12ClN3O4/c1-24-17(23)11-4-8-13(9-5-11)19-14(22)16-21-20-15(25-16)10-2-6-12(18)7-3-10/h2-9H,1H3,(H,19,22). The van der Waals surface area contributed by atoms with Crippen molar-refractivity contribution in [2.75, 3.05) is 12.4 Å². The van der Waals surface area contributed by atoms with Crippen LogP contribution in [-0.2, 0) is 4.74 Å². The van der Waals surface area contributed by atoms with Crippen LogP contribution in [0, 0.1) is 0 Å². The van der Waals surface area contributed by atoms with Gasteiger partial charge in [-0.05, 0) is 48.5 Å². The largest absolute Gasteiger partial charge is 0.465 e. The number of esters is 1. The second-order valence-electron chi connectivity index (χ2n) is 4.94. The van der Waals surface area contributed by atoms with Crippen molar-refractivity contribution >= 4 is 29.2 Å². The summed E-state index contributed by atoms with van der Waals surface area (Å²) in [6.45, 7) is 0. The molecule has 8 heteroatoms. The SMILES string of the molecule is COC(=O)c1ccc(NC(=O)c2nnc(-c3ccc(Cl)cc3)o2)cc1. The molecule has 3 aromatic rings. The number of carbonyl (C=O) groups excluding carboxylic acids is 2. The van der Waals surface area contributed by atoms with E-state index < -0.39 is 11.9 Å². The van der Waals surface area contributed by atoms with Crippen LogP contribution in [0.3, 0.4) is 0 Å². The van der Waals surface area contributed by atoms with Crippen LogP contribution in [0.5, 0.6) is 0 Å². The maximum absolute atomic E-state index is 12.2. The molecule has 1 N–H and O–H groups in total. The summed E-state index contributed by atoms with van der Waals surface area (Å²) in [7, 11) is 1.30. The average molecular weight is 358 g/mol. The van der Waals surface area contributed by atoms with E-state index in [0.717, 1.165) is 0 Å². The number of rotatable bonds is 4. The molecule has 0 atom stereocenters. The van der Waals surface area contributed by atoms with Crippen molar-refractivity contribution in [1.82, 2.24) is 10.2 Å². The van der Waals surface area contributed by atoms with E-state index in [2.05, 4.69) is 20.3 Å². The number of anilines is 1. The van der Waals surface area contributed by atoms with Gasteiger partial charge >= 0.3 is 17.8 Å². The molecular formula is C17H12ClN3O4. The Morgan fingerprint density at radius 3 is 2.36 bits per heavy atom. The van der Waals surface area contributed by atoms with Crippen molar-refractivity contribution in [1.29, 1.82) is 0 Å². The fourth-order valence-electron chi connectivity index (χ4n) is 2.02. The summed E-state index contributed by atoms with van der Waals surface area (Å²) in [4.78, 5) is 23.5. The first-order valence-electron chi connectivity index (χ1n) is 7.16. The van der Waals surface area contributed by atoms with Crippen LogP contribution in [0.25, 0.3) is 11.5 Å². The van der Waals surface area contributed by atoms with E-state index in [0.29, 0.717) is 21.8 Å². The fourth-order valence-corrected chi connectivity index (χ4v) is 2.14. The van der Waals surface area contributed by atoms with Gasteiger partial charge in [0.1, 0.15) is 0 Å². The number of hydrogen-bond acceptors (Lipinski definition) is 6.